The third kappa shape index (κ3) is 4.86. The number of nitro groups is 1. The third-order valence-corrected chi connectivity index (χ3v) is 4.04. The molecule has 0 saturated carbocycles. The van der Waals surface area contributed by atoms with Gasteiger partial charge in [0.2, 0.25) is 5.91 Å². The van der Waals surface area contributed by atoms with Crippen molar-refractivity contribution in [2.45, 2.75) is 19.5 Å². The maximum Gasteiger partial charge on any atom is 0.350 e. The fourth-order valence-corrected chi connectivity index (χ4v) is 2.75. The normalized spacial score (nSPS) is 10.6. The molecule has 0 bridgehead atoms. The van der Waals surface area contributed by atoms with Crippen molar-refractivity contribution in [1.82, 2.24) is 19.6 Å². The Morgan fingerprint density at radius 2 is 2.14 bits per heavy atom. The number of halogens is 1. The molecule has 146 valence electrons. The van der Waals surface area contributed by atoms with Gasteiger partial charge in [0.1, 0.15) is 6.20 Å². The number of nitrogens with one attached hydrogen (secondary N) is 1. The average molecular weight is 405 g/mol. The van der Waals surface area contributed by atoms with Crippen LogP contribution in [0.1, 0.15) is 12.0 Å². The lowest BCUT2D eigenvalue weighted by molar-refractivity contribution is -0.385. The fourth-order valence-electron chi connectivity index (χ4n) is 2.54. The molecule has 3 rings (SSSR count). The predicted molar refractivity (Wildman–Crippen MR) is 101 cm³/mol. The van der Waals surface area contributed by atoms with Gasteiger partial charge < -0.3 is 10.1 Å². The fraction of sp³-hybridized carbons (Fsp3) is 0.235. The van der Waals surface area contributed by atoms with Crippen molar-refractivity contribution in [3.8, 4) is 5.88 Å². The zero-order chi connectivity index (χ0) is 20.1. The summed E-state index contributed by atoms with van der Waals surface area (Å²) in [4.78, 5) is 22.4. The summed E-state index contributed by atoms with van der Waals surface area (Å²) < 4.78 is 7.84. The summed E-state index contributed by atoms with van der Waals surface area (Å²) in [6.07, 6.45) is 3.05. The number of nitrogens with zero attached hydrogens (tertiary/aromatic N) is 5. The lowest BCUT2D eigenvalue weighted by atomic mass is 10.2. The van der Waals surface area contributed by atoms with E-state index in [0.29, 0.717) is 17.4 Å². The van der Waals surface area contributed by atoms with E-state index >= 15 is 0 Å². The van der Waals surface area contributed by atoms with Crippen LogP contribution in [0.15, 0.2) is 42.7 Å². The lowest BCUT2D eigenvalue weighted by Gasteiger charge is -2.04. The van der Waals surface area contributed by atoms with Crippen LogP contribution in [0, 0.1) is 10.1 Å². The molecule has 2 aromatic heterocycles. The Bertz CT molecular complexity index is 999. The van der Waals surface area contributed by atoms with E-state index in [0.717, 1.165) is 5.56 Å². The number of carbonyl (C=O) groups is 1. The monoisotopic (exact) mass is 404 g/mol. The van der Waals surface area contributed by atoms with Crippen LogP contribution in [0.4, 0.5) is 11.5 Å². The highest BCUT2D eigenvalue weighted by molar-refractivity contribution is 6.30. The van der Waals surface area contributed by atoms with Crippen molar-refractivity contribution in [2.24, 2.45) is 0 Å². The van der Waals surface area contributed by atoms with E-state index in [1.807, 2.05) is 18.2 Å². The van der Waals surface area contributed by atoms with Gasteiger partial charge in [0.15, 0.2) is 5.82 Å². The summed E-state index contributed by atoms with van der Waals surface area (Å²) in [5, 5.41) is 22.5. The van der Waals surface area contributed by atoms with E-state index in [1.165, 1.54) is 18.0 Å². The van der Waals surface area contributed by atoms with E-state index in [1.54, 1.807) is 23.0 Å². The molecule has 10 nitrogen and oxygen atoms in total. The molecule has 0 radical (unpaired) electrons. The number of aryl methyl sites for hydroxylation is 1. The SMILES string of the molecule is COc1nn(CCC(=O)Nc2ccn(Cc3cccc(Cl)c3)n2)cc1[N+](=O)[O-]. The third-order valence-electron chi connectivity index (χ3n) is 3.81. The van der Waals surface area contributed by atoms with Gasteiger partial charge in [-0.25, -0.2) is 0 Å². The second-order valence-electron chi connectivity index (χ2n) is 5.87. The molecule has 0 fully saturated rings. The minimum Gasteiger partial charge on any atom is -0.475 e. The van der Waals surface area contributed by atoms with Crippen molar-refractivity contribution in [2.75, 3.05) is 12.4 Å². The van der Waals surface area contributed by atoms with Gasteiger partial charge in [-0.1, -0.05) is 23.7 Å². The van der Waals surface area contributed by atoms with Crippen molar-refractivity contribution < 1.29 is 14.5 Å². The molecule has 0 aliphatic rings. The largest absolute Gasteiger partial charge is 0.475 e. The van der Waals surface area contributed by atoms with Crippen LogP contribution in [0.3, 0.4) is 0 Å². The smallest absolute Gasteiger partial charge is 0.350 e. The number of carbonyl (C=O) groups excluding carboxylic acids is 1. The maximum atomic E-state index is 12.1. The molecule has 11 heteroatoms. The minimum atomic E-state index is -0.588. The summed E-state index contributed by atoms with van der Waals surface area (Å²) in [6.45, 7) is 0.687. The Morgan fingerprint density at radius 3 is 2.82 bits per heavy atom. The molecule has 0 atom stereocenters. The zero-order valence-corrected chi connectivity index (χ0v) is 15.7. The number of ether oxygens (including phenoxy) is 1. The minimum absolute atomic E-state index is 0.0726. The summed E-state index contributed by atoms with van der Waals surface area (Å²) in [5.74, 6) is 0.0337. The second-order valence-corrected chi connectivity index (χ2v) is 6.31. The number of hydrogen-bond donors (Lipinski definition) is 1. The molecule has 1 N–H and O–H groups in total. The lowest BCUT2D eigenvalue weighted by Crippen LogP contribution is -2.15. The van der Waals surface area contributed by atoms with E-state index in [-0.39, 0.29) is 30.4 Å². The number of rotatable bonds is 8. The Morgan fingerprint density at radius 1 is 1.32 bits per heavy atom. The number of benzene rings is 1. The van der Waals surface area contributed by atoms with Crippen LogP contribution >= 0.6 is 11.6 Å². The number of aromatic nitrogens is 4. The van der Waals surface area contributed by atoms with Gasteiger partial charge in [0.25, 0.3) is 0 Å². The van der Waals surface area contributed by atoms with Gasteiger partial charge in [-0.15, -0.1) is 5.10 Å². The van der Waals surface area contributed by atoms with E-state index in [4.69, 9.17) is 16.3 Å². The summed E-state index contributed by atoms with van der Waals surface area (Å²) in [5.41, 5.74) is 0.741. The summed E-state index contributed by atoms with van der Waals surface area (Å²) in [6, 6.07) is 9.12. The summed E-state index contributed by atoms with van der Waals surface area (Å²) >= 11 is 5.97. The van der Waals surface area contributed by atoms with Crippen LogP contribution < -0.4 is 10.1 Å². The predicted octanol–water partition coefficient (Wildman–Crippen LogP) is 2.73. The molecule has 1 aromatic carbocycles. The Labute approximate surface area is 164 Å². The van der Waals surface area contributed by atoms with Gasteiger partial charge in [-0.05, 0) is 17.7 Å². The highest BCUT2D eigenvalue weighted by Crippen LogP contribution is 2.24. The van der Waals surface area contributed by atoms with Crippen LogP contribution in [0.2, 0.25) is 5.02 Å². The average Bonchev–Trinajstić information content (AvgIpc) is 3.26. The molecule has 28 heavy (non-hydrogen) atoms. The molecule has 0 aliphatic heterocycles. The van der Waals surface area contributed by atoms with Gasteiger partial charge in [-0.3, -0.25) is 24.3 Å². The molecule has 0 spiro atoms. The van der Waals surface area contributed by atoms with Crippen LogP contribution in [0.25, 0.3) is 0 Å². The second kappa shape index (κ2) is 8.53. The van der Waals surface area contributed by atoms with Crippen molar-refractivity contribution in [3.63, 3.8) is 0 Å². The van der Waals surface area contributed by atoms with Crippen LogP contribution in [-0.2, 0) is 17.9 Å². The first-order valence-corrected chi connectivity index (χ1v) is 8.66. The van der Waals surface area contributed by atoms with Gasteiger partial charge >= 0.3 is 11.6 Å². The molecular formula is C17H17ClN6O4. The molecular weight excluding hydrogens is 388 g/mol. The Kier molecular flexibility index (Phi) is 5.90. The molecule has 0 unspecified atom stereocenters. The maximum absolute atomic E-state index is 12.1. The van der Waals surface area contributed by atoms with E-state index in [2.05, 4.69) is 15.5 Å². The zero-order valence-electron chi connectivity index (χ0n) is 14.9. The van der Waals surface area contributed by atoms with Gasteiger partial charge in [0.05, 0.1) is 25.1 Å². The standard InChI is InChI=1S/C17H17ClN6O4/c1-28-17-14(24(26)27)11-23(21-17)8-6-16(25)19-15-5-7-22(20-15)10-12-3-2-4-13(18)9-12/h2-5,7,9,11H,6,8,10H2,1H3,(H,19,20,25). The molecule has 1 amide bonds. The van der Waals surface area contributed by atoms with Gasteiger partial charge in [-0.2, -0.15) is 5.10 Å². The van der Waals surface area contributed by atoms with E-state index < -0.39 is 4.92 Å². The summed E-state index contributed by atoms with van der Waals surface area (Å²) in [7, 11) is 1.30. The van der Waals surface area contributed by atoms with E-state index in [9.17, 15) is 14.9 Å². The van der Waals surface area contributed by atoms with Crippen molar-refractivity contribution in [3.05, 3.63) is 63.4 Å². The number of anilines is 1. The Balaban J connectivity index is 1.54. The first kappa shape index (κ1) is 19.4. The number of methoxy groups -OCH3 is 1. The quantitative estimate of drug-likeness (QED) is 0.455. The molecule has 0 saturated heterocycles. The first-order chi connectivity index (χ1) is 13.4. The Hall–Kier alpha value is -3.40. The van der Waals surface area contributed by atoms with Crippen molar-refractivity contribution in [1.29, 1.82) is 0 Å². The highest BCUT2D eigenvalue weighted by atomic mass is 35.5. The van der Waals surface area contributed by atoms with Crippen LogP contribution in [0.5, 0.6) is 5.88 Å². The molecule has 3 aromatic rings. The van der Waals surface area contributed by atoms with Crippen molar-refractivity contribution >= 4 is 29.0 Å². The molecule has 2 heterocycles. The first-order valence-electron chi connectivity index (χ1n) is 8.28. The molecule has 0 aliphatic carbocycles. The van der Waals surface area contributed by atoms with Crippen LogP contribution in [-0.4, -0.2) is 37.5 Å². The highest BCUT2D eigenvalue weighted by Gasteiger charge is 2.20. The van der Waals surface area contributed by atoms with Gasteiger partial charge in [0, 0.05) is 23.7 Å². The number of amides is 1. The topological polar surface area (TPSA) is 117 Å². The number of hydrogen-bond acceptors (Lipinski definition) is 6.